The highest BCUT2D eigenvalue weighted by Gasteiger charge is 2.08. The minimum absolute atomic E-state index is 0. The quantitative estimate of drug-likeness (QED) is 0.302. The van der Waals surface area contributed by atoms with Gasteiger partial charge in [-0.2, -0.15) is 0 Å². The van der Waals surface area contributed by atoms with Gasteiger partial charge in [-0.25, -0.2) is 9.97 Å². The number of guanidine groups is 1. The standard InChI is InChI=1S/C21H26N6O.HI/c1-15-8-10-16(11-9-15)20-26-18(14-28-20)13-24-21(22-2)23-12-17-6-5-7-19(25-17)27(3)4;/h5-11,14H,12-13H2,1-4H3,(H2,22,23,24);1H. The van der Waals surface area contributed by atoms with E-state index < -0.39 is 0 Å². The number of anilines is 1. The number of hydrogen-bond acceptors (Lipinski definition) is 5. The van der Waals surface area contributed by atoms with Crippen LogP contribution < -0.4 is 15.5 Å². The Hall–Kier alpha value is -2.62. The van der Waals surface area contributed by atoms with E-state index in [1.807, 2.05) is 61.5 Å². The molecule has 1 aromatic carbocycles. The summed E-state index contributed by atoms with van der Waals surface area (Å²) in [4.78, 5) is 15.4. The van der Waals surface area contributed by atoms with Crippen molar-refractivity contribution in [3.8, 4) is 11.5 Å². The second-order valence-electron chi connectivity index (χ2n) is 6.67. The Kier molecular flexibility index (Phi) is 8.44. The van der Waals surface area contributed by atoms with Crippen LogP contribution in [0, 0.1) is 6.92 Å². The van der Waals surface area contributed by atoms with Crippen molar-refractivity contribution in [3.63, 3.8) is 0 Å². The van der Waals surface area contributed by atoms with Crippen LogP contribution in [0.15, 0.2) is 58.1 Å². The van der Waals surface area contributed by atoms with E-state index in [-0.39, 0.29) is 24.0 Å². The highest BCUT2D eigenvalue weighted by Crippen LogP contribution is 2.19. The minimum atomic E-state index is 0. The Bertz CT molecular complexity index is 936. The van der Waals surface area contributed by atoms with Crippen molar-refractivity contribution in [1.29, 1.82) is 0 Å². The van der Waals surface area contributed by atoms with Gasteiger partial charge in [0.25, 0.3) is 0 Å². The average Bonchev–Trinajstić information content (AvgIpc) is 3.18. The first-order chi connectivity index (χ1) is 13.5. The first-order valence-corrected chi connectivity index (χ1v) is 9.14. The van der Waals surface area contributed by atoms with Crippen molar-refractivity contribution < 1.29 is 4.42 Å². The van der Waals surface area contributed by atoms with Crippen molar-refractivity contribution in [3.05, 3.63) is 65.7 Å². The summed E-state index contributed by atoms with van der Waals surface area (Å²) in [6.45, 7) is 3.15. The summed E-state index contributed by atoms with van der Waals surface area (Å²) in [5, 5.41) is 6.51. The zero-order valence-electron chi connectivity index (χ0n) is 17.1. The fourth-order valence-corrected chi connectivity index (χ4v) is 2.60. The smallest absolute Gasteiger partial charge is 0.226 e. The number of nitrogens with one attached hydrogen (secondary N) is 2. The largest absolute Gasteiger partial charge is 0.444 e. The Labute approximate surface area is 188 Å². The Morgan fingerprint density at radius 2 is 1.69 bits per heavy atom. The van der Waals surface area contributed by atoms with Gasteiger partial charge in [0.05, 0.1) is 24.5 Å². The molecule has 154 valence electrons. The number of hydrogen-bond donors (Lipinski definition) is 2. The molecule has 0 unspecified atom stereocenters. The van der Waals surface area contributed by atoms with Gasteiger partial charge in [-0.15, -0.1) is 24.0 Å². The van der Waals surface area contributed by atoms with Gasteiger partial charge in [-0.05, 0) is 31.2 Å². The number of benzene rings is 1. The summed E-state index contributed by atoms with van der Waals surface area (Å²) in [6, 6.07) is 14.1. The van der Waals surface area contributed by atoms with Crippen molar-refractivity contribution in [1.82, 2.24) is 20.6 Å². The van der Waals surface area contributed by atoms with Crippen molar-refractivity contribution in [2.75, 3.05) is 26.0 Å². The number of halogens is 1. The molecule has 0 bridgehead atoms. The lowest BCUT2D eigenvalue weighted by atomic mass is 10.1. The molecule has 0 spiro atoms. The molecule has 0 fully saturated rings. The van der Waals surface area contributed by atoms with Gasteiger partial charge in [0.15, 0.2) is 5.96 Å². The normalized spacial score (nSPS) is 11.0. The molecule has 2 heterocycles. The SMILES string of the molecule is CN=C(NCc1cccc(N(C)C)n1)NCc1coc(-c2ccc(C)cc2)n1.I. The van der Waals surface area contributed by atoms with Crippen LogP contribution >= 0.6 is 24.0 Å². The van der Waals surface area contributed by atoms with Crippen molar-refractivity contribution >= 4 is 35.8 Å². The van der Waals surface area contributed by atoms with Crippen LogP contribution in [0.1, 0.15) is 17.0 Å². The topological polar surface area (TPSA) is 78.6 Å². The lowest BCUT2D eigenvalue weighted by molar-refractivity contribution is 0.572. The van der Waals surface area contributed by atoms with E-state index in [2.05, 4.69) is 32.5 Å². The monoisotopic (exact) mass is 506 g/mol. The van der Waals surface area contributed by atoms with Crippen LogP contribution in [-0.4, -0.2) is 37.1 Å². The van der Waals surface area contributed by atoms with Gasteiger partial charge in [-0.3, -0.25) is 4.99 Å². The molecule has 2 N–H and O–H groups in total. The third-order valence-corrected chi connectivity index (χ3v) is 4.20. The number of aliphatic imine (C=N–C) groups is 1. The van der Waals surface area contributed by atoms with Crippen LogP contribution in [0.4, 0.5) is 5.82 Å². The molecule has 0 atom stereocenters. The second-order valence-corrected chi connectivity index (χ2v) is 6.67. The summed E-state index contributed by atoms with van der Waals surface area (Å²) in [6.07, 6.45) is 1.66. The molecule has 3 rings (SSSR count). The van der Waals surface area contributed by atoms with E-state index >= 15 is 0 Å². The Morgan fingerprint density at radius 3 is 2.34 bits per heavy atom. The summed E-state index contributed by atoms with van der Waals surface area (Å²) in [7, 11) is 5.69. The molecule has 0 aliphatic heterocycles. The lowest BCUT2D eigenvalue weighted by Crippen LogP contribution is -2.36. The lowest BCUT2D eigenvalue weighted by Gasteiger charge is -2.14. The predicted octanol–water partition coefficient (Wildman–Crippen LogP) is 3.59. The molecule has 0 saturated heterocycles. The molecule has 0 aliphatic carbocycles. The van der Waals surface area contributed by atoms with Crippen LogP contribution in [0.25, 0.3) is 11.5 Å². The third-order valence-electron chi connectivity index (χ3n) is 4.20. The molecule has 0 aliphatic rings. The Balaban J connectivity index is 0.00000300. The van der Waals surface area contributed by atoms with Gasteiger partial charge >= 0.3 is 0 Å². The molecule has 8 heteroatoms. The highest BCUT2D eigenvalue weighted by atomic mass is 127. The van der Waals surface area contributed by atoms with Gasteiger partial charge in [0.2, 0.25) is 5.89 Å². The first-order valence-electron chi connectivity index (χ1n) is 9.14. The Morgan fingerprint density at radius 1 is 1.00 bits per heavy atom. The maximum atomic E-state index is 5.60. The van der Waals surface area contributed by atoms with Crippen LogP contribution in [0.2, 0.25) is 0 Å². The molecular formula is C21H27IN6O. The zero-order valence-corrected chi connectivity index (χ0v) is 19.5. The van der Waals surface area contributed by atoms with E-state index in [9.17, 15) is 0 Å². The van der Waals surface area contributed by atoms with Gasteiger partial charge < -0.3 is 20.0 Å². The summed E-state index contributed by atoms with van der Waals surface area (Å²) < 4.78 is 5.60. The molecule has 29 heavy (non-hydrogen) atoms. The summed E-state index contributed by atoms with van der Waals surface area (Å²) in [5.41, 5.74) is 3.92. The fraction of sp³-hybridized carbons (Fsp3) is 0.286. The predicted molar refractivity (Wildman–Crippen MR) is 128 cm³/mol. The molecule has 2 aromatic heterocycles. The molecule has 0 amide bonds. The number of pyridine rings is 1. The van der Waals surface area contributed by atoms with E-state index in [0.717, 1.165) is 22.8 Å². The summed E-state index contributed by atoms with van der Waals surface area (Å²) in [5.74, 6) is 2.22. The van der Waals surface area contributed by atoms with Crippen LogP contribution in [0.3, 0.4) is 0 Å². The minimum Gasteiger partial charge on any atom is -0.444 e. The van der Waals surface area contributed by atoms with E-state index in [1.54, 1.807) is 13.3 Å². The summed E-state index contributed by atoms with van der Waals surface area (Å²) >= 11 is 0. The molecule has 3 aromatic rings. The molecule has 0 radical (unpaired) electrons. The maximum Gasteiger partial charge on any atom is 0.226 e. The molecular weight excluding hydrogens is 479 g/mol. The number of oxazole rings is 1. The number of aryl methyl sites for hydroxylation is 1. The van der Waals surface area contributed by atoms with Crippen molar-refractivity contribution in [2.24, 2.45) is 4.99 Å². The molecule has 7 nitrogen and oxygen atoms in total. The van der Waals surface area contributed by atoms with Gasteiger partial charge in [0, 0.05) is 26.7 Å². The number of nitrogens with zero attached hydrogens (tertiary/aromatic N) is 4. The third kappa shape index (κ3) is 6.45. The first kappa shape index (κ1) is 22.7. The van der Waals surface area contributed by atoms with Gasteiger partial charge in [0.1, 0.15) is 12.1 Å². The van der Waals surface area contributed by atoms with Crippen LogP contribution in [0.5, 0.6) is 0 Å². The van der Waals surface area contributed by atoms with E-state index in [0.29, 0.717) is 24.9 Å². The van der Waals surface area contributed by atoms with E-state index in [1.165, 1.54) is 5.56 Å². The fourth-order valence-electron chi connectivity index (χ4n) is 2.60. The number of aromatic nitrogens is 2. The maximum absolute atomic E-state index is 5.60. The van der Waals surface area contributed by atoms with Crippen LogP contribution in [-0.2, 0) is 13.1 Å². The van der Waals surface area contributed by atoms with E-state index in [4.69, 9.17) is 4.42 Å². The average molecular weight is 506 g/mol. The molecule has 0 saturated carbocycles. The van der Waals surface area contributed by atoms with Gasteiger partial charge in [-0.1, -0.05) is 23.8 Å². The second kappa shape index (κ2) is 10.8. The highest BCUT2D eigenvalue weighted by molar-refractivity contribution is 14.0. The number of rotatable bonds is 6. The van der Waals surface area contributed by atoms with Crippen molar-refractivity contribution in [2.45, 2.75) is 20.0 Å². The zero-order chi connectivity index (χ0) is 19.9.